The third-order valence-corrected chi connectivity index (χ3v) is 4.32. The summed E-state index contributed by atoms with van der Waals surface area (Å²) in [5.41, 5.74) is -0.367. The first-order chi connectivity index (χ1) is 13.5. The summed E-state index contributed by atoms with van der Waals surface area (Å²) in [7, 11) is 0. The highest BCUT2D eigenvalue weighted by Crippen LogP contribution is 2.33. The summed E-state index contributed by atoms with van der Waals surface area (Å²) in [6, 6.07) is 0. The Morgan fingerprint density at radius 3 is 2.14 bits per heavy atom. The van der Waals surface area contributed by atoms with E-state index < -0.39 is 17.4 Å². The average molecular weight is 393 g/mol. The molecule has 0 aliphatic heterocycles. The maximum atomic E-state index is 12.7. The summed E-state index contributed by atoms with van der Waals surface area (Å²) in [5.74, 6) is -1.09. The summed E-state index contributed by atoms with van der Waals surface area (Å²) in [4.78, 5) is 25.5. The van der Waals surface area contributed by atoms with E-state index in [1.165, 1.54) is 0 Å². The normalized spacial score (nSPS) is 12.5. The van der Waals surface area contributed by atoms with Crippen molar-refractivity contribution in [3.63, 3.8) is 0 Å². The number of unbranched alkanes of at least 4 members (excludes halogenated alkanes) is 2. The molecule has 0 aromatic carbocycles. The van der Waals surface area contributed by atoms with E-state index >= 15 is 0 Å². The molecule has 0 fully saturated rings. The van der Waals surface area contributed by atoms with Gasteiger partial charge in [0.25, 0.3) is 0 Å². The molecule has 0 rings (SSSR count). The number of hydrogen-bond acceptors (Lipinski definition) is 5. The lowest BCUT2D eigenvalue weighted by Gasteiger charge is -2.27. The van der Waals surface area contributed by atoms with Gasteiger partial charge in [-0.05, 0) is 59.3 Å². The number of hydrogen-bond donors (Lipinski definition) is 1. The molecule has 0 unspecified atom stereocenters. The number of aliphatic hydroxyl groups excluding tert-OH is 1. The number of aliphatic hydroxyl groups is 1. The van der Waals surface area contributed by atoms with Crippen molar-refractivity contribution in [1.29, 1.82) is 0 Å². The summed E-state index contributed by atoms with van der Waals surface area (Å²) in [6.45, 7) is 9.69. The minimum atomic E-state index is -1.36. The van der Waals surface area contributed by atoms with Crippen LogP contribution in [-0.2, 0) is 19.1 Å². The fourth-order valence-corrected chi connectivity index (χ4v) is 2.62. The quantitative estimate of drug-likeness (QED) is 0.190. The number of allylic oxidation sites excluding steroid dienone is 7. The van der Waals surface area contributed by atoms with Crippen LogP contribution in [0.3, 0.4) is 0 Å². The van der Waals surface area contributed by atoms with Gasteiger partial charge < -0.3 is 14.6 Å². The summed E-state index contributed by atoms with van der Waals surface area (Å²) in [5, 5.41) is 8.77. The molecular formula is C23H36O5. The monoisotopic (exact) mass is 392 g/mol. The van der Waals surface area contributed by atoms with Crippen molar-refractivity contribution in [2.75, 3.05) is 19.8 Å². The molecule has 158 valence electrons. The van der Waals surface area contributed by atoms with Crippen molar-refractivity contribution < 1.29 is 24.2 Å². The lowest BCUT2D eigenvalue weighted by Crippen LogP contribution is -2.42. The van der Waals surface area contributed by atoms with Gasteiger partial charge in [0.05, 0.1) is 13.2 Å². The molecule has 0 bridgehead atoms. The van der Waals surface area contributed by atoms with Crippen molar-refractivity contribution in [3.05, 3.63) is 48.6 Å². The molecular weight excluding hydrogens is 356 g/mol. The van der Waals surface area contributed by atoms with Crippen LogP contribution in [0.5, 0.6) is 0 Å². The van der Waals surface area contributed by atoms with Crippen molar-refractivity contribution in [2.24, 2.45) is 5.41 Å². The fourth-order valence-electron chi connectivity index (χ4n) is 2.62. The molecule has 0 radical (unpaired) electrons. The SMILES string of the molecule is C=C/C(C)=C/CCC(C/C=C/C=C/CCCCO)(C(=O)OCC)C(=O)OCC. The number of rotatable bonds is 15. The largest absolute Gasteiger partial charge is 0.465 e. The number of ether oxygens (including phenoxy) is 2. The summed E-state index contributed by atoms with van der Waals surface area (Å²) >= 11 is 0. The molecule has 0 aromatic rings. The standard InChI is InChI=1S/C23H36O5/c1-5-20(4)16-15-18-23(21(25)27-6-2,22(26)28-7-3)17-13-11-9-8-10-12-14-19-24/h5,8-9,11,13,16,24H,1,6-7,10,12,14-15,17-19H2,2-4H3/b9-8+,13-11+,20-16+. The van der Waals surface area contributed by atoms with E-state index in [0.29, 0.717) is 12.8 Å². The first-order valence-corrected chi connectivity index (χ1v) is 10.0. The van der Waals surface area contributed by atoms with Crippen LogP contribution in [-0.4, -0.2) is 36.9 Å². The fraction of sp³-hybridized carbons (Fsp3) is 0.565. The van der Waals surface area contributed by atoms with Crippen LogP contribution in [0.15, 0.2) is 48.6 Å². The molecule has 0 aliphatic carbocycles. The maximum absolute atomic E-state index is 12.7. The molecule has 0 aliphatic rings. The topological polar surface area (TPSA) is 72.8 Å². The average Bonchev–Trinajstić information content (AvgIpc) is 2.68. The second-order valence-corrected chi connectivity index (χ2v) is 6.49. The zero-order chi connectivity index (χ0) is 21.3. The number of esters is 2. The van der Waals surface area contributed by atoms with E-state index in [0.717, 1.165) is 24.8 Å². The molecule has 0 heterocycles. The molecule has 0 atom stereocenters. The highest BCUT2D eigenvalue weighted by atomic mass is 16.6. The van der Waals surface area contributed by atoms with Gasteiger partial charge in [-0.25, -0.2) is 0 Å². The highest BCUT2D eigenvalue weighted by molar-refractivity contribution is 6.00. The second kappa shape index (κ2) is 15.9. The zero-order valence-corrected chi connectivity index (χ0v) is 17.6. The second-order valence-electron chi connectivity index (χ2n) is 6.49. The van der Waals surface area contributed by atoms with Gasteiger partial charge >= 0.3 is 11.9 Å². The first kappa shape index (κ1) is 25.9. The van der Waals surface area contributed by atoms with Crippen molar-refractivity contribution in [2.45, 2.75) is 59.3 Å². The Balaban J connectivity index is 5.36. The van der Waals surface area contributed by atoms with Gasteiger partial charge in [-0.15, -0.1) is 0 Å². The molecule has 0 saturated heterocycles. The lowest BCUT2D eigenvalue weighted by molar-refractivity contribution is -0.172. The molecule has 5 heteroatoms. The Morgan fingerprint density at radius 1 is 1.00 bits per heavy atom. The van der Waals surface area contributed by atoms with Gasteiger partial charge in [-0.1, -0.05) is 48.6 Å². The molecule has 0 saturated carbocycles. The van der Waals surface area contributed by atoms with Gasteiger partial charge in [-0.2, -0.15) is 0 Å². The van der Waals surface area contributed by atoms with Gasteiger partial charge in [0.2, 0.25) is 0 Å². The van der Waals surface area contributed by atoms with Crippen LogP contribution in [0.25, 0.3) is 0 Å². The Hall–Kier alpha value is -2.14. The van der Waals surface area contributed by atoms with Crippen LogP contribution < -0.4 is 0 Å². The Kier molecular flexibility index (Phi) is 14.7. The predicted octanol–water partition coefficient (Wildman–Crippen LogP) is 4.68. The molecule has 0 aromatic heterocycles. The zero-order valence-electron chi connectivity index (χ0n) is 17.6. The molecule has 1 N–H and O–H groups in total. The van der Waals surface area contributed by atoms with Gasteiger partial charge in [-0.3, -0.25) is 9.59 Å². The smallest absolute Gasteiger partial charge is 0.323 e. The van der Waals surface area contributed by atoms with Crippen LogP contribution in [0.2, 0.25) is 0 Å². The number of carbonyl (C=O) groups is 2. The third-order valence-electron chi connectivity index (χ3n) is 4.32. The van der Waals surface area contributed by atoms with Crippen LogP contribution in [0.4, 0.5) is 0 Å². The summed E-state index contributed by atoms with van der Waals surface area (Å²) in [6.07, 6.45) is 14.8. The molecule has 0 spiro atoms. The minimum Gasteiger partial charge on any atom is -0.465 e. The number of carbonyl (C=O) groups excluding carboxylic acids is 2. The van der Waals surface area contributed by atoms with E-state index in [1.807, 2.05) is 31.2 Å². The van der Waals surface area contributed by atoms with Gasteiger partial charge in [0, 0.05) is 6.61 Å². The van der Waals surface area contributed by atoms with Crippen molar-refractivity contribution in [3.8, 4) is 0 Å². The van der Waals surface area contributed by atoms with E-state index in [9.17, 15) is 9.59 Å². The molecule has 5 nitrogen and oxygen atoms in total. The van der Waals surface area contributed by atoms with E-state index in [4.69, 9.17) is 14.6 Å². The molecule has 28 heavy (non-hydrogen) atoms. The minimum absolute atomic E-state index is 0.199. The van der Waals surface area contributed by atoms with Gasteiger partial charge in [0.1, 0.15) is 0 Å². The van der Waals surface area contributed by atoms with E-state index in [2.05, 4.69) is 6.58 Å². The Labute approximate surface area is 169 Å². The Bertz CT molecular complexity index is 539. The summed E-state index contributed by atoms with van der Waals surface area (Å²) < 4.78 is 10.5. The Morgan fingerprint density at radius 2 is 1.61 bits per heavy atom. The van der Waals surface area contributed by atoms with E-state index in [-0.39, 0.29) is 26.2 Å². The molecule has 0 amide bonds. The van der Waals surface area contributed by atoms with E-state index in [1.54, 1.807) is 26.0 Å². The van der Waals surface area contributed by atoms with Crippen LogP contribution in [0.1, 0.15) is 59.3 Å². The lowest BCUT2D eigenvalue weighted by atomic mass is 9.79. The van der Waals surface area contributed by atoms with Crippen molar-refractivity contribution in [1.82, 2.24) is 0 Å². The van der Waals surface area contributed by atoms with Gasteiger partial charge in [0.15, 0.2) is 5.41 Å². The van der Waals surface area contributed by atoms with Crippen molar-refractivity contribution >= 4 is 11.9 Å². The van der Waals surface area contributed by atoms with Crippen LogP contribution >= 0.6 is 0 Å². The highest BCUT2D eigenvalue weighted by Gasteiger charge is 2.47. The third kappa shape index (κ3) is 9.70. The predicted molar refractivity (Wildman–Crippen MR) is 113 cm³/mol. The maximum Gasteiger partial charge on any atom is 0.323 e. The van der Waals surface area contributed by atoms with Crippen LogP contribution in [0, 0.1) is 5.41 Å². The first-order valence-electron chi connectivity index (χ1n) is 10.0.